The monoisotopic (exact) mass is 180 g/mol. The van der Waals surface area contributed by atoms with Crippen molar-refractivity contribution in [1.82, 2.24) is 0 Å². The fourth-order valence-electron chi connectivity index (χ4n) is 0.815. The van der Waals surface area contributed by atoms with E-state index in [1.807, 2.05) is 0 Å². The Morgan fingerprint density at radius 2 is 1.67 bits per heavy atom. The van der Waals surface area contributed by atoms with E-state index in [9.17, 15) is 4.79 Å². The zero-order valence-electron chi connectivity index (χ0n) is 5.84. The highest BCUT2D eigenvalue weighted by atomic mass is 16.7. The van der Waals surface area contributed by atoms with Crippen LogP contribution in [-0.4, -0.2) is 55.8 Å². The lowest BCUT2D eigenvalue weighted by Crippen LogP contribution is -2.63. The van der Waals surface area contributed by atoms with Crippen LogP contribution in [0.1, 0.15) is 0 Å². The summed E-state index contributed by atoms with van der Waals surface area (Å²) in [5.74, 6) is -9.50. The Balaban J connectivity index is 3.08. The summed E-state index contributed by atoms with van der Waals surface area (Å²) >= 11 is 0. The lowest BCUT2D eigenvalue weighted by atomic mass is 10.0. The van der Waals surface area contributed by atoms with Crippen LogP contribution in [0.2, 0.25) is 0 Å². The number of hydrogen-bond donors (Lipinski definition) is 5. The molecule has 0 radical (unpaired) electrons. The minimum absolute atomic E-state index is 0.332. The van der Waals surface area contributed by atoms with Crippen LogP contribution in [0.15, 0.2) is 0 Å². The molecule has 0 aromatic heterocycles. The van der Waals surface area contributed by atoms with E-state index in [0.717, 1.165) is 0 Å². The van der Waals surface area contributed by atoms with Crippen molar-refractivity contribution < 1.29 is 35.1 Å². The number of aliphatic hydroxyl groups is 5. The van der Waals surface area contributed by atoms with Crippen LogP contribution in [0, 0.1) is 0 Å². The van der Waals surface area contributed by atoms with Crippen LogP contribution in [-0.2, 0) is 9.53 Å². The zero-order valence-corrected chi connectivity index (χ0v) is 5.84. The molecule has 1 fully saturated rings. The predicted molar refractivity (Wildman–Crippen MR) is 31.3 cm³/mol. The molecule has 1 rings (SSSR count). The van der Waals surface area contributed by atoms with Gasteiger partial charge in [0, 0.05) is 0 Å². The van der Waals surface area contributed by atoms with Gasteiger partial charge in [0.2, 0.25) is 5.79 Å². The van der Waals surface area contributed by atoms with Gasteiger partial charge in [0.25, 0.3) is 11.6 Å². The van der Waals surface area contributed by atoms with Crippen LogP contribution in [0.5, 0.6) is 0 Å². The summed E-state index contributed by atoms with van der Waals surface area (Å²) in [5.41, 5.74) is 0. The SMILES string of the molecule is O=CC1(O)OCC(O)(O)C1(O)O. The predicted octanol–water partition coefficient (Wildman–Crippen LogP) is -3.73. The second-order valence-corrected chi connectivity index (χ2v) is 2.59. The molecule has 7 nitrogen and oxygen atoms in total. The van der Waals surface area contributed by atoms with Crippen molar-refractivity contribution in [3.63, 3.8) is 0 Å². The van der Waals surface area contributed by atoms with Crippen molar-refractivity contribution in [2.75, 3.05) is 6.61 Å². The Morgan fingerprint density at radius 1 is 1.17 bits per heavy atom. The van der Waals surface area contributed by atoms with E-state index in [-0.39, 0.29) is 6.29 Å². The summed E-state index contributed by atoms with van der Waals surface area (Å²) in [6.45, 7) is -0.977. The number of carbonyl (C=O) groups is 1. The molecule has 12 heavy (non-hydrogen) atoms. The molecular formula is C5H8O7. The van der Waals surface area contributed by atoms with E-state index >= 15 is 0 Å². The van der Waals surface area contributed by atoms with Gasteiger partial charge in [-0.15, -0.1) is 0 Å². The third kappa shape index (κ3) is 0.891. The first-order chi connectivity index (χ1) is 5.27. The Bertz CT molecular complexity index is 210. The lowest BCUT2D eigenvalue weighted by molar-refractivity contribution is -0.380. The van der Waals surface area contributed by atoms with Crippen LogP contribution >= 0.6 is 0 Å². The summed E-state index contributed by atoms with van der Waals surface area (Å²) in [4.78, 5) is 10.1. The van der Waals surface area contributed by atoms with Crippen molar-refractivity contribution in [3.8, 4) is 0 Å². The first-order valence-corrected chi connectivity index (χ1v) is 2.99. The quantitative estimate of drug-likeness (QED) is 0.207. The van der Waals surface area contributed by atoms with Gasteiger partial charge in [-0.05, 0) is 0 Å². The first-order valence-electron chi connectivity index (χ1n) is 2.99. The molecule has 0 aromatic rings. The number of rotatable bonds is 1. The molecule has 0 aromatic carbocycles. The smallest absolute Gasteiger partial charge is 0.285 e. The van der Waals surface area contributed by atoms with E-state index in [4.69, 9.17) is 25.5 Å². The van der Waals surface area contributed by atoms with Crippen molar-refractivity contribution in [2.45, 2.75) is 17.4 Å². The Hall–Kier alpha value is -0.570. The van der Waals surface area contributed by atoms with Gasteiger partial charge in [0.1, 0.15) is 6.61 Å². The zero-order chi connectivity index (χ0) is 9.62. The molecule has 0 saturated carbocycles. The highest BCUT2D eigenvalue weighted by Crippen LogP contribution is 2.36. The number of aldehydes is 1. The van der Waals surface area contributed by atoms with Gasteiger partial charge in [0.15, 0.2) is 6.29 Å². The summed E-state index contributed by atoms with van der Waals surface area (Å²) in [5, 5.41) is 44.3. The summed E-state index contributed by atoms with van der Waals surface area (Å²) < 4.78 is 4.11. The fraction of sp³-hybridized carbons (Fsp3) is 0.800. The number of carbonyl (C=O) groups excluding carboxylic acids is 1. The maximum atomic E-state index is 10.1. The molecule has 1 atom stereocenters. The van der Waals surface area contributed by atoms with Crippen LogP contribution in [0.25, 0.3) is 0 Å². The topological polar surface area (TPSA) is 127 Å². The molecule has 5 N–H and O–H groups in total. The molecule has 1 heterocycles. The van der Waals surface area contributed by atoms with Crippen molar-refractivity contribution >= 4 is 6.29 Å². The summed E-state index contributed by atoms with van der Waals surface area (Å²) in [6, 6.07) is 0. The van der Waals surface area contributed by atoms with Gasteiger partial charge in [0.05, 0.1) is 0 Å². The summed E-state index contributed by atoms with van der Waals surface area (Å²) in [6.07, 6.45) is -0.332. The molecule has 70 valence electrons. The first kappa shape index (κ1) is 9.52. The molecule has 0 aliphatic carbocycles. The van der Waals surface area contributed by atoms with Gasteiger partial charge in [-0.3, -0.25) is 4.79 Å². The van der Waals surface area contributed by atoms with E-state index in [1.54, 1.807) is 0 Å². The van der Waals surface area contributed by atoms with Gasteiger partial charge >= 0.3 is 0 Å². The summed E-state index contributed by atoms with van der Waals surface area (Å²) in [7, 11) is 0. The van der Waals surface area contributed by atoms with Gasteiger partial charge in [-0.2, -0.15) is 0 Å². The van der Waals surface area contributed by atoms with Gasteiger partial charge < -0.3 is 30.3 Å². The highest BCUT2D eigenvalue weighted by molar-refractivity contribution is 5.62. The minimum Gasteiger partial charge on any atom is -0.359 e. The Labute approximate surface area is 66.4 Å². The average molecular weight is 180 g/mol. The van der Waals surface area contributed by atoms with E-state index in [1.165, 1.54) is 0 Å². The highest BCUT2D eigenvalue weighted by Gasteiger charge is 2.69. The lowest BCUT2D eigenvalue weighted by Gasteiger charge is -2.31. The molecule has 0 bridgehead atoms. The Morgan fingerprint density at radius 3 is 1.83 bits per heavy atom. The van der Waals surface area contributed by atoms with Crippen molar-refractivity contribution in [3.05, 3.63) is 0 Å². The standard InChI is InChI=1S/C5H8O7/c6-1-4(9)5(10,11)3(7,8)2-12-4/h1,7-11H,2H2. The molecule has 7 heteroatoms. The number of hydrogen-bond acceptors (Lipinski definition) is 7. The molecule has 1 unspecified atom stereocenters. The van der Waals surface area contributed by atoms with Crippen LogP contribution < -0.4 is 0 Å². The fourth-order valence-corrected chi connectivity index (χ4v) is 0.815. The average Bonchev–Trinajstić information content (AvgIpc) is 2.12. The maximum absolute atomic E-state index is 10.1. The van der Waals surface area contributed by atoms with Gasteiger partial charge in [-0.1, -0.05) is 0 Å². The van der Waals surface area contributed by atoms with Crippen molar-refractivity contribution in [1.29, 1.82) is 0 Å². The maximum Gasteiger partial charge on any atom is 0.285 e. The minimum atomic E-state index is -3.43. The number of ether oxygens (including phenoxy) is 1. The van der Waals surface area contributed by atoms with Crippen LogP contribution in [0.4, 0.5) is 0 Å². The second kappa shape index (κ2) is 2.22. The largest absolute Gasteiger partial charge is 0.359 e. The van der Waals surface area contributed by atoms with E-state index in [2.05, 4.69) is 4.74 Å². The van der Waals surface area contributed by atoms with E-state index in [0.29, 0.717) is 0 Å². The molecule has 1 aliphatic rings. The molecule has 0 amide bonds. The van der Waals surface area contributed by atoms with Gasteiger partial charge in [-0.25, -0.2) is 0 Å². The molecular weight excluding hydrogens is 172 g/mol. The molecule has 0 spiro atoms. The third-order valence-electron chi connectivity index (χ3n) is 1.71. The molecule has 1 aliphatic heterocycles. The molecule has 1 saturated heterocycles. The Kier molecular flexibility index (Phi) is 1.76. The second-order valence-electron chi connectivity index (χ2n) is 2.59. The third-order valence-corrected chi connectivity index (χ3v) is 1.71. The normalized spacial score (nSPS) is 38.1. The van der Waals surface area contributed by atoms with Crippen LogP contribution in [0.3, 0.4) is 0 Å². The van der Waals surface area contributed by atoms with E-state index < -0.39 is 24.0 Å². The van der Waals surface area contributed by atoms with Crippen molar-refractivity contribution in [2.24, 2.45) is 0 Å².